The molecule has 4 aromatic heterocycles. The summed E-state index contributed by atoms with van der Waals surface area (Å²) in [6.45, 7) is 11.3. The van der Waals surface area contributed by atoms with Crippen molar-refractivity contribution in [3.8, 4) is 33.8 Å². The lowest BCUT2D eigenvalue weighted by Gasteiger charge is -2.38. The van der Waals surface area contributed by atoms with Gasteiger partial charge in [-0.3, -0.25) is 14.4 Å². The third-order valence-corrected chi connectivity index (χ3v) is 9.88. The van der Waals surface area contributed by atoms with Crippen molar-refractivity contribution in [2.45, 2.75) is 59.2 Å². The molecule has 13 heteroatoms. The first kappa shape index (κ1) is 32.5. The van der Waals surface area contributed by atoms with E-state index in [2.05, 4.69) is 4.98 Å². The monoisotopic (exact) mass is 686 g/mol. The maximum atomic E-state index is 16.1. The molecule has 6 aromatic rings. The van der Waals surface area contributed by atoms with E-state index in [4.69, 9.17) is 14.8 Å². The van der Waals surface area contributed by atoms with Crippen LogP contribution in [-0.4, -0.2) is 53.7 Å². The number of hydrogen-bond donors (Lipinski definition) is 0. The Labute approximate surface area is 284 Å². The second-order valence-corrected chi connectivity index (χ2v) is 14.3. The molecule has 2 atom stereocenters. The second-order valence-electron chi connectivity index (χ2n) is 13.4. The average Bonchev–Trinajstić information content (AvgIpc) is 3.73. The lowest BCUT2D eigenvalue weighted by molar-refractivity contribution is 0.00864. The number of imidazole rings is 1. The minimum absolute atomic E-state index is 0.0217. The van der Waals surface area contributed by atoms with Crippen LogP contribution in [0.25, 0.3) is 54.9 Å². The molecule has 0 spiro atoms. The fourth-order valence-corrected chi connectivity index (χ4v) is 7.48. The Bertz CT molecular complexity index is 2340. The molecular formula is C36H33F3N6O3S. The van der Waals surface area contributed by atoms with Gasteiger partial charge in [-0.25, -0.2) is 27.9 Å². The van der Waals surface area contributed by atoms with Crippen LogP contribution in [0.3, 0.4) is 0 Å². The van der Waals surface area contributed by atoms with Gasteiger partial charge in [0.15, 0.2) is 6.29 Å². The summed E-state index contributed by atoms with van der Waals surface area (Å²) in [6.07, 6.45) is -0.138. The molecule has 0 N–H and O–H groups in total. The van der Waals surface area contributed by atoms with Crippen molar-refractivity contribution in [2.24, 2.45) is 7.05 Å². The topological polar surface area (TPSA) is 95.1 Å². The zero-order valence-corrected chi connectivity index (χ0v) is 28.7. The molecular weight excluding hydrogens is 653 g/mol. The van der Waals surface area contributed by atoms with Crippen LogP contribution in [-0.2, 0) is 11.8 Å². The maximum absolute atomic E-state index is 16.1. The van der Waals surface area contributed by atoms with Crippen molar-refractivity contribution >= 4 is 44.8 Å². The van der Waals surface area contributed by atoms with Crippen LogP contribution in [0, 0.1) is 24.4 Å². The average molecular weight is 687 g/mol. The van der Waals surface area contributed by atoms with Crippen LogP contribution in [0.15, 0.2) is 41.8 Å². The van der Waals surface area contributed by atoms with Crippen molar-refractivity contribution < 1.29 is 27.5 Å². The number of carbonyl (C=O) groups excluding carboxylic acids is 2. The van der Waals surface area contributed by atoms with Gasteiger partial charge in [-0.15, -0.1) is 11.3 Å². The number of aldehydes is 1. The summed E-state index contributed by atoms with van der Waals surface area (Å²) in [5, 5.41) is 6.21. The number of fused-ring (bicyclic) bond motifs is 3. The molecule has 0 fully saturated rings. The number of amides is 1. The Morgan fingerprint density at radius 3 is 2.49 bits per heavy atom. The Morgan fingerprint density at radius 2 is 1.78 bits per heavy atom. The van der Waals surface area contributed by atoms with Gasteiger partial charge in [0.1, 0.15) is 34.6 Å². The molecule has 2 aromatic carbocycles. The van der Waals surface area contributed by atoms with Crippen molar-refractivity contribution in [1.29, 1.82) is 0 Å². The first-order chi connectivity index (χ1) is 23.2. The Hall–Kier alpha value is -5.04. The highest BCUT2D eigenvalue weighted by atomic mass is 32.1. The van der Waals surface area contributed by atoms with Crippen LogP contribution in [0.2, 0.25) is 0 Å². The summed E-state index contributed by atoms with van der Waals surface area (Å²) in [6, 6.07) is 8.18. The summed E-state index contributed by atoms with van der Waals surface area (Å²) >= 11 is 1.09. The number of pyridine rings is 1. The van der Waals surface area contributed by atoms with Crippen molar-refractivity contribution in [3.63, 3.8) is 0 Å². The maximum Gasteiger partial charge on any atom is 0.410 e. The molecule has 0 saturated heterocycles. The minimum Gasteiger partial charge on any atom is -0.444 e. The standard InChI is InChI=1S/C36H33F3N6O3S/c1-17-14-44(35(47)48-36(4,5)6)18(2)28-13-26(42-45(17)28)33-31(29-21(15-46)10-22(37)12-23(29)38)30-24(39)16-49-34(30)32(41-33)20-8-9-27-25(11-20)40-19(3)43(27)7/h8-13,15-18H,14H2,1-7H3/t17-,18+/m0/s1. The zero-order valence-electron chi connectivity index (χ0n) is 27.9. The van der Waals surface area contributed by atoms with Crippen LogP contribution in [0.4, 0.5) is 18.0 Å². The van der Waals surface area contributed by atoms with Crippen molar-refractivity contribution in [1.82, 2.24) is 29.2 Å². The largest absolute Gasteiger partial charge is 0.444 e. The van der Waals surface area contributed by atoms with E-state index >= 15 is 8.78 Å². The van der Waals surface area contributed by atoms with Gasteiger partial charge in [0, 0.05) is 52.7 Å². The van der Waals surface area contributed by atoms with Gasteiger partial charge in [-0.2, -0.15) is 5.10 Å². The van der Waals surface area contributed by atoms with Gasteiger partial charge in [0.2, 0.25) is 0 Å². The lowest BCUT2D eigenvalue weighted by atomic mass is 9.92. The molecule has 1 amide bonds. The van der Waals surface area contributed by atoms with Crippen molar-refractivity contribution in [3.05, 3.63) is 76.3 Å². The predicted octanol–water partition coefficient (Wildman–Crippen LogP) is 8.79. The minimum atomic E-state index is -1.04. The first-order valence-electron chi connectivity index (χ1n) is 15.7. The van der Waals surface area contributed by atoms with Crippen LogP contribution >= 0.6 is 11.3 Å². The van der Waals surface area contributed by atoms with Gasteiger partial charge in [0.25, 0.3) is 0 Å². The molecule has 0 unspecified atom stereocenters. The van der Waals surface area contributed by atoms with Gasteiger partial charge in [-0.05, 0) is 65.8 Å². The number of nitrogens with zero attached hydrogens (tertiary/aromatic N) is 6. The highest BCUT2D eigenvalue weighted by molar-refractivity contribution is 7.17. The highest BCUT2D eigenvalue weighted by Crippen LogP contribution is 2.47. The van der Waals surface area contributed by atoms with E-state index < -0.39 is 35.2 Å². The summed E-state index contributed by atoms with van der Waals surface area (Å²) in [4.78, 5) is 36.8. The number of hydrogen-bond acceptors (Lipinski definition) is 7. The van der Waals surface area contributed by atoms with Crippen molar-refractivity contribution in [2.75, 3.05) is 6.54 Å². The third-order valence-electron chi connectivity index (χ3n) is 8.92. The quantitative estimate of drug-likeness (QED) is 0.172. The van der Waals surface area contributed by atoms with Crippen LogP contribution in [0.1, 0.15) is 68.6 Å². The number of benzene rings is 2. The van der Waals surface area contributed by atoms with E-state index in [0.717, 1.165) is 28.7 Å². The molecule has 0 aliphatic carbocycles. The third kappa shape index (κ3) is 5.36. The molecule has 252 valence electrons. The van der Waals surface area contributed by atoms with E-state index in [1.807, 2.05) is 50.6 Å². The number of aryl methyl sites for hydroxylation is 2. The number of carbonyl (C=O) groups is 2. The lowest BCUT2D eigenvalue weighted by Crippen LogP contribution is -2.45. The molecule has 1 aliphatic heterocycles. The summed E-state index contributed by atoms with van der Waals surface area (Å²) in [5.41, 5.74) is 2.36. The number of rotatable bonds is 4. The van der Waals surface area contributed by atoms with E-state index in [1.54, 1.807) is 36.4 Å². The Kier molecular flexibility index (Phi) is 7.65. The van der Waals surface area contributed by atoms with Crippen LogP contribution in [0.5, 0.6) is 0 Å². The molecule has 1 aliphatic rings. The van der Waals surface area contributed by atoms with Gasteiger partial charge < -0.3 is 9.30 Å². The Balaban J connectivity index is 1.51. The summed E-state index contributed by atoms with van der Waals surface area (Å²) < 4.78 is 56.1. The molecule has 0 bridgehead atoms. The fourth-order valence-electron chi connectivity index (χ4n) is 6.55. The van der Waals surface area contributed by atoms with Crippen LogP contribution < -0.4 is 0 Å². The Morgan fingerprint density at radius 1 is 1.02 bits per heavy atom. The predicted molar refractivity (Wildman–Crippen MR) is 182 cm³/mol. The molecule has 9 nitrogen and oxygen atoms in total. The fraction of sp³-hybridized carbons (Fsp3) is 0.306. The smallest absolute Gasteiger partial charge is 0.410 e. The highest BCUT2D eigenvalue weighted by Gasteiger charge is 2.37. The summed E-state index contributed by atoms with van der Waals surface area (Å²) in [7, 11) is 1.91. The SMILES string of the molecule is Cc1nc2cc(-c3nc(-c4cc5n(n4)[C@@H](C)CN(C(=O)OC(C)(C)C)[C@@H]5C)c(-c4c(F)cc(F)cc4C=O)c4c(F)csc34)ccc2n1C. The van der Waals surface area contributed by atoms with E-state index in [1.165, 1.54) is 5.38 Å². The molecule has 0 saturated carbocycles. The van der Waals surface area contributed by atoms with Gasteiger partial charge in [0.05, 0.1) is 44.9 Å². The normalized spacial score (nSPS) is 16.4. The van der Waals surface area contributed by atoms with E-state index in [0.29, 0.717) is 46.1 Å². The second kappa shape index (κ2) is 11.5. The number of thiophene rings is 1. The number of ether oxygens (including phenoxy) is 1. The van der Waals surface area contributed by atoms with Gasteiger partial charge in [-0.1, -0.05) is 6.07 Å². The number of aromatic nitrogens is 5. The van der Waals surface area contributed by atoms with E-state index in [9.17, 15) is 14.0 Å². The van der Waals surface area contributed by atoms with Gasteiger partial charge >= 0.3 is 6.09 Å². The molecule has 49 heavy (non-hydrogen) atoms. The first-order valence-corrected chi connectivity index (χ1v) is 16.6. The van der Waals surface area contributed by atoms with E-state index in [-0.39, 0.29) is 39.5 Å². The zero-order chi connectivity index (χ0) is 35.1. The molecule has 5 heterocycles. The number of halogens is 3. The molecule has 7 rings (SSSR count). The summed E-state index contributed by atoms with van der Waals surface area (Å²) in [5.74, 6) is -1.84. The molecule has 0 radical (unpaired) electrons.